The van der Waals surface area contributed by atoms with Crippen LogP contribution in [0.3, 0.4) is 0 Å². The highest BCUT2D eigenvalue weighted by Gasteiger charge is 2.31. The Hall–Kier alpha value is -1.95. The van der Waals surface area contributed by atoms with Gasteiger partial charge in [-0.25, -0.2) is 0 Å². The smallest absolute Gasteiger partial charge is 0.378 e. The van der Waals surface area contributed by atoms with Crippen LogP contribution >= 0.6 is 0 Å². The van der Waals surface area contributed by atoms with E-state index in [1.807, 2.05) is 0 Å². The zero-order valence-corrected chi connectivity index (χ0v) is 11.3. The molecule has 3 nitrogen and oxygen atoms in total. The third-order valence-corrected chi connectivity index (χ3v) is 3.54. The van der Waals surface area contributed by atoms with E-state index in [1.165, 1.54) is 6.07 Å². The van der Waals surface area contributed by atoms with Gasteiger partial charge in [-0.1, -0.05) is 0 Å². The van der Waals surface area contributed by atoms with Gasteiger partial charge in [-0.3, -0.25) is 0 Å². The van der Waals surface area contributed by atoms with Gasteiger partial charge >= 0.3 is 6.18 Å². The second kappa shape index (κ2) is 5.44. The molecule has 0 N–H and O–H groups in total. The van der Waals surface area contributed by atoms with Gasteiger partial charge in [-0.15, -0.1) is 0 Å². The first-order valence-corrected chi connectivity index (χ1v) is 6.73. The molecule has 2 heterocycles. The van der Waals surface area contributed by atoms with Gasteiger partial charge in [0.15, 0.2) is 0 Å². The quantitative estimate of drug-likeness (QED) is 0.845. The Bertz CT molecular complexity index is 602. The topological polar surface area (TPSA) is 17.4 Å². The second-order valence-corrected chi connectivity index (χ2v) is 4.89. The molecule has 0 aliphatic carbocycles. The van der Waals surface area contributed by atoms with Crippen LogP contribution in [0.15, 0.2) is 42.7 Å². The first-order chi connectivity index (χ1) is 10.1. The number of hydrogen-bond acceptors (Lipinski definition) is 2. The summed E-state index contributed by atoms with van der Waals surface area (Å²) in [5, 5.41) is 0. The molecule has 0 radical (unpaired) electrons. The summed E-state index contributed by atoms with van der Waals surface area (Å²) in [5.41, 5.74) is 0.697. The number of morpholine rings is 1. The second-order valence-electron chi connectivity index (χ2n) is 4.89. The average Bonchev–Trinajstić information content (AvgIpc) is 3.01. The summed E-state index contributed by atoms with van der Waals surface area (Å²) in [4.78, 5) is 2.05. The van der Waals surface area contributed by atoms with Crippen molar-refractivity contribution < 1.29 is 17.9 Å². The van der Waals surface area contributed by atoms with Crippen LogP contribution in [0.5, 0.6) is 0 Å². The molecule has 0 saturated carbocycles. The van der Waals surface area contributed by atoms with Gasteiger partial charge in [0.25, 0.3) is 0 Å². The molecule has 21 heavy (non-hydrogen) atoms. The largest absolute Gasteiger partial charge is 0.416 e. The normalized spacial score (nSPS) is 16.2. The minimum atomic E-state index is -4.34. The van der Waals surface area contributed by atoms with Crippen LogP contribution < -0.4 is 4.90 Å². The van der Waals surface area contributed by atoms with Crippen molar-refractivity contribution in [2.45, 2.75) is 6.18 Å². The Morgan fingerprint density at radius 1 is 0.952 bits per heavy atom. The highest BCUT2D eigenvalue weighted by Crippen LogP contribution is 2.34. The van der Waals surface area contributed by atoms with Gasteiger partial charge < -0.3 is 14.2 Å². The third-order valence-electron chi connectivity index (χ3n) is 3.54. The molecule has 1 aromatic carbocycles. The summed E-state index contributed by atoms with van der Waals surface area (Å²) in [6.45, 7) is 2.54. The van der Waals surface area contributed by atoms with E-state index in [2.05, 4.69) is 4.90 Å². The molecule has 0 bridgehead atoms. The van der Waals surface area contributed by atoms with Crippen molar-refractivity contribution >= 4 is 5.69 Å². The Labute approximate surface area is 120 Å². The van der Waals surface area contributed by atoms with Gasteiger partial charge in [-0.05, 0) is 30.3 Å². The highest BCUT2D eigenvalue weighted by molar-refractivity contribution is 5.64. The summed E-state index contributed by atoms with van der Waals surface area (Å²) < 4.78 is 45.8. The number of rotatable bonds is 2. The predicted octanol–water partition coefficient (Wildman–Crippen LogP) is 3.33. The number of hydrogen-bond donors (Lipinski definition) is 0. The molecular formula is C15H15F3N2O. The summed E-state index contributed by atoms with van der Waals surface area (Å²) in [7, 11) is 0. The average molecular weight is 296 g/mol. The minimum absolute atomic E-state index is 0.539. The van der Waals surface area contributed by atoms with Crippen molar-refractivity contribution in [3.63, 3.8) is 0 Å². The van der Waals surface area contributed by atoms with Gasteiger partial charge in [0.2, 0.25) is 0 Å². The minimum Gasteiger partial charge on any atom is -0.378 e. The van der Waals surface area contributed by atoms with Crippen molar-refractivity contribution in [2.24, 2.45) is 0 Å². The van der Waals surface area contributed by atoms with E-state index in [0.29, 0.717) is 32.0 Å². The molecule has 1 aromatic heterocycles. The Kier molecular flexibility index (Phi) is 3.63. The van der Waals surface area contributed by atoms with E-state index in [4.69, 9.17) is 4.74 Å². The summed E-state index contributed by atoms with van der Waals surface area (Å²) in [5.74, 6) is 0. The van der Waals surface area contributed by atoms with Crippen LogP contribution in [0.2, 0.25) is 0 Å². The molecular weight excluding hydrogens is 281 g/mol. The monoisotopic (exact) mass is 296 g/mol. The molecule has 0 spiro atoms. The lowest BCUT2D eigenvalue weighted by Crippen LogP contribution is -2.36. The standard InChI is InChI=1S/C15H15F3N2O/c16-15(17,18)12-3-4-13(20-7-9-21-10-8-20)14(11-12)19-5-1-2-6-19/h1-6,11H,7-10H2. The fraction of sp³-hybridized carbons (Fsp3) is 0.333. The van der Waals surface area contributed by atoms with Crippen LogP contribution in [-0.2, 0) is 10.9 Å². The number of anilines is 1. The van der Waals surface area contributed by atoms with Gasteiger partial charge in [-0.2, -0.15) is 13.2 Å². The van der Waals surface area contributed by atoms with Crippen molar-refractivity contribution in [1.82, 2.24) is 4.57 Å². The molecule has 1 saturated heterocycles. The zero-order valence-electron chi connectivity index (χ0n) is 11.3. The van der Waals surface area contributed by atoms with E-state index in [0.717, 1.165) is 11.8 Å². The SMILES string of the molecule is FC(F)(F)c1ccc(N2CCOCC2)c(-n2cccc2)c1. The lowest BCUT2D eigenvalue weighted by Gasteiger charge is -2.31. The van der Waals surface area contributed by atoms with Gasteiger partial charge in [0.05, 0.1) is 30.2 Å². The lowest BCUT2D eigenvalue weighted by molar-refractivity contribution is -0.137. The summed E-state index contributed by atoms with van der Waals surface area (Å²) in [6, 6.07) is 7.47. The number of halogens is 3. The Morgan fingerprint density at radius 2 is 1.62 bits per heavy atom. The molecule has 1 fully saturated rings. The van der Waals surface area contributed by atoms with Gasteiger partial charge in [0.1, 0.15) is 0 Å². The molecule has 0 atom stereocenters. The Morgan fingerprint density at radius 3 is 2.24 bits per heavy atom. The van der Waals surface area contributed by atoms with Crippen molar-refractivity contribution in [3.05, 3.63) is 48.3 Å². The van der Waals surface area contributed by atoms with E-state index < -0.39 is 11.7 Å². The first-order valence-electron chi connectivity index (χ1n) is 6.73. The molecule has 1 aliphatic heterocycles. The van der Waals surface area contributed by atoms with Crippen LogP contribution in [0.4, 0.5) is 18.9 Å². The number of benzene rings is 1. The van der Waals surface area contributed by atoms with Crippen molar-refractivity contribution in [1.29, 1.82) is 0 Å². The molecule has 2 aromatic rings. The van der Waals surface area contributed by atoms with E-state index in [9.17, 15) is 13.2 Å². The van der Waals surface area contributed by atoms with Crippen LogP contribution in [0.25, 0.3) is 5.69 Å². The Balaban J connectivity index is 2.06. The molecule has 0 amide bonds. The molecule has 112 valence electrons. The van der Waals surface area contributed by atoms with Crippen LogP contribution in [0.1, 0.15) is 5.56 Å². The van der Waals surface area contributed by atoms with Crippen LogP contribution in [0, 0.1) is 0 Å². The third kappa shape index (κ3) is 2.90. The fourth-order valence-electron chi connectivity index (χ4n) is 2.47. The van der Waals surface area contributed by atoms with E-state index in [1.54, 1.807) is 35.2 Å². The number of alkyl halides is 3. The van der Waals surface area contributed by atoms with Crippen molar-refractivity contribution in [3.8, 4) is 5.69 Å². The predicted molar refractivity (Wildman–Crippen MR) is 73.8 cm³/mol. The molecule has 3 rings (SSSR count). The zero-order chi connectivity index (χ0) is 14.9. The summed E-state index contributed by atoms with van der Waals surface area (Å²) >= 11 is 0. The lowest BCUT2D eigenvalue weighted by atomic mass is 10.1. The first kappa shape index (κ1) is 14.0. The number of ether oxygens (including phenoxy) is 1. The number of nitrogens with zero attached hydrogens (tertiary/aromatic N) is 2. The van der Waals surface area contributed by atoms with Crippen molar-refractivity contribution in [2.75, 3.05) is 31.2 Å². The number of aromatic nitrogens is 1. The molecule has 6 heteroatoms. The molecule has 1 aliphatic rings. The maximum absolute atomic E-state index is 12.9. The molecule has 0 unspecified atom stereocenters. The van der Waals surface area contributed by atoms with E-state index in [-0.39, 0.29) is 0 Å². The maximum Gasteiger partial charge on any atom is 0.416 e. The van der Waals surface area contributed by atoms with Gasteiger partial charge in [0, 0.05) is 25.5 Å². The summed E-state index contributed by atoms with van der Waals surface area (Å²) in [6.07, 6.45) is -0.843. The van der Waals surface area contributed by atoms with E-state index >= 15 is 0 Å². The van der Waals surface area contributed by atoms with Crippen LogP contribution in [-0.4, -0.2) is 30.9 Å². The highest BCUT2D eigenvalue weighted by atomic mass is 19.4. The maximum atomic E-state index is 12.9. The fourth-order valence-corrected chi connectivity index (χ4v) is 2.47.